The molecule has 1 aliphatic heterocycles. The minimum Gasteiger partial charge on any atom is -0.394 e. The summed E-state index contributed by atoms with van der Waals surface area (Å²) in [5.41, 5.74) is 3.86. The number of hydrogen-bond donors (Lipinski definition) is 2. The number of amides is 1. The third kappa shape index (κ3) is 2.36. The molecule has 1 saturated carbocycles. The lowest BCUT2D eigenvalue weighted by molar-refractivity contribution is 0.0670. The van der Waals surface area contributed by atoms with E-state index in [9.17, 15) is 9.90 Å². The molecule has 0 bridgehead atoms. The Balaban J connectivity index is 1.63. The monoisotopic (exact) mass is 346 g/mol. The Hall–Kier alpha value is -2.59. The van der Waals surface area contributed by atoms with Gasteiger partial charge in [-0.3, -0.25) is 4.79 Å². The van der Waals surface area contributed by atoms with Crippen molar-refractivity contribution in [2.24, 2.45) is 5.41 Å². The number of aliphatic hydroxyl groups is 1. The molecule has 1 amide bonds. The van der Waals surface area contributed by atoms with Crippen LogP contribution in [0.2, 0.25) is 0 Å². The van der Waals surface area contributed by atoms with Crippen molar-refractivity contribution < 1.29 is 9.90 Å². The van der Waals surface area contributed by atoms with E-state index in [0.717, 1.165) is 35.0 Å². The molecular formula is C22H22N2O2. The molecule has 2 aromatic carbocycles. The average molecular weight is 346 g/mol. The van der Waals surface area contributed by atoms with Crippen LogP contribution in [0.15, 0.2) is 54.6 Å². The highest BCUT2D eigenvalue weighted by atomic mass is 16.3. The van der Waals surface area contributed by atoms with Crippen LogP contribution in [0.4, 0.5) is 0 Å². The molecule has 5 rings (SSSR count). The van der Waals surface area contributed by atoms with Crippen molar-refractivity contribution in [1.29, 1.82) is 0 Å². The molecule has 1 atom stereocenters. The van der Waals surface area contributed by atoms with Gasteiger partial charge in [0.2, 0.25) is 0 Å². The van der Waals surface area contributed by atoms with Crippen LogP contribution in [0.25, 0.3) is 22.0 Å². The number of rotatable bonds is 3. The Labute approximate surface area is 152 Å². The molecule has 2 aliphatic rings. The number of aromatic nitrogens is 1. The molecule has 4 heteroatoms. The van der Waals surface area contributed by atoms with Gasteiger partial charge in [-0.25, -0.2) is 0 Å². The highest BCUT2D eigenvalue weighted by Crippen LogP contribution is 2.55. The largest absolute Gasteiger partial charge is 0.394 e. The number of aliphatic hydroxyl groups excluding tert-OH is 1. The highest BCUT2D eigenvalue weighted by Gasteiger charge is 2.53. The standard InChI is InChI=1S/C22H22N2O2/c25-13-16-12-22(10-11-22)14-24(16)21(26)20-19(15-6-2-1-3-7-15)17-8-4-5-9-18(17)23-20/h1-9,16,23,25H,10-14H2/t16-/m0/s1. The van der Waals surface area contributed by atoms with Crippen molar-refractivity contribution in [3.63, 3.8) is 0 Å². The van der Waals surface area contributed by atoms with Crippen LogP contribution in [-0.4, -0.2) is 40.1 Å². The van der Waals surface area contributed by atoms with Crippen molar-refractivity contribution in [3.05, 3.63) is 60.3 Å². The second-order valence-electron chi connectivity index (χ2n) is 7.76. The predicted octanol–water partition coefficient (Wildman–Crippen LogP) is 3.82. The van der Waals surface area contributed by atoms with Gasteiger partial charge in [0.25, 0.3) is 5.91 Å². The summed E-state index contributed by atoms with van der Waals surface area (Å²) in [5.74, 6) is 0.00266. The SMILES string of the molecule is O=C(c1[nH]c2ccccc2c1-c1ccccc1)N1CC2(CC2)C[C@H]1CO. The zero-order valence-corrected chi connectivity index (χ0v) is 14.6. The van der Waals surface area contributed by atoms with Crippen molar-refractivity contribution in [1.82, 2.24) is 9.88 Å². The van der Waals surface area contributed by atoms with Crippen LogP contribution in [0, 0.1) is 5.41 Å². The Bertz CT molecular complexity index is 972. The molecule has 1 spiro atoms. The Morgan fingerprint density at radius 1 is 1.12 bits per heavy atom. The number of nitrogens with one attached hydrogen (secondary N) is 1. The fraction of sp³-hybridized carbons (Fsp3) is 0.318. The summed E-state index contributed by atoms with van der Waals surface area (Å²) in [7, 11) is 0. The minimum atomic E-state index is -0.0694. The van der Waals surface area contributed by atoms with Crippen LogP contribution in [0.5, 0.6) is 0 Å². The zero-order chi connectivity index (χ0) is 17.7. The molecule has 0 radical (unpaired) electrons. The first-order valence-electron chi connectivity index (χ1n) is 9.29. The third-order valence-electron chi connectivity index (χ3n) is 6.03. The van der Waals surface area contributed by atoms with E-state index in [1.54, 1.807) is 0 Å². The molecule has 4 nitrogen and oxygen atoms in total. The lowest BCUT2D eigenvalue weighted by Gasteiger charge is -2.23. The first-order valence-corrected chi connectivity index (χ1v) is 9.29. The van der Waals surface area contributed by atoms with E-state index in [1.807, 2.05) is 53.4 Å². The van der Waals surface area contributed by atoms with Gasteiger partial charge in [-0.1, -0.05) is 48.5 Å². The molecule has 2 heterocycles. The number of benzene rings is 2. The molecule has 1 aliphatic carbocycles. The second kappa shape index (κ2) is 5.71. The molecule has 0 unspecified atom stereocenters. The molecule has 3 aromatic rings. The summed E-state index contributed by atoms with van der Waals surface area (Å²) in [4.78, 5) is 18.7. The number of fused-ring (bicyclic) bond motifs is 1. The quantitative estimate of drug-likeness (QED) is 0.757. The maximum Gasteiger partial charge on any atom is 0.271 e. The van der Waals surface area contributed by atoms with E-state index in [0.29, 0.717) is 5.69 Å². The third-order valence-corrected chi connectivity index (χ3v) is 6.03. The predicted molar refractivity (Wildman–Crippen MR) is 102 cm³/mol. The van der Waals surface area contributed by atoms with Crippen molar-refractivity contribution in [3.8, 4) is 11.1 Å². The van der Waals surface area contributed by atoms with Gasteiger partial charge in [-0.15, -0.1) is 0 Å². The number of aromatic amines is 1. The van der Waals surface area contributed by atoms with E-state index in [1.165, 1.54) is 12.8 Å². The van der Waals surface area contributed by atoms with Gasteiger partial charge in [0, 0.05) is 23.0 Å². The van der Waals surface area contributed by atoms with Gasteiger partial charge >= 0.3 is 0 Å². The van der Waals surface area contributed by atoms with E-state index in [-0.39, 0.29) is 24.0 Å². The Morgan fingerprint density at radius 2 is 1.85 bits per heavy atom. The van der Waals surface area contributed by atoms with Crippen molar-refractivity contribution in [2.45, 2.75) is 25.3 Å². The van der Waals surface area contributed by atoms with Gasteiger partial charge in [-0.2, -0.15) is 0 Å². The highest BCUT2D eigenvalue weighted by molar-refractivity contribution is 6.09. The summed E-state index contributed by atoms with van der Waals surface area (Å²) in [5, 5.41) is 10.9. The number of nitrogens with zero attached hydrogens (tertiary/aromatic N) is 1. The van der Waals surface area contributed by atoms with E-state index in [4.69, 9.17) is 0 Å². The van der Waals surface area contributed by atoms with Gasteiger partial charge < -0.3 is 15.0 Å². The molecule has 2 fully saturated rings. The topological polar surface area (TPSA) is 56.3 Å². The fourth-order valence-electron chi connectivity index (χ4n) is 4.46. The number of hydrogen-bond acceptors (Lipinski definition) is 2. The summed E-state index contributed by atoms with van der Waals surface area (Å²) < 4.78 is 0. The molecule has 26 heavy (non-hydrogen) atoms. The average Bonchev–Trinajstić information content (AvgIpc) is 3.16. The van der Waals surface area contributed by atoms with Crippen molar-refractivity contribution >= 4 is 16.8 Å². The van der Waals surface area contributed by atoms with E-state index < -0.39 is 0 Å². The maximum absolute atomic E-state index is 13.5. The first-order chi connectivity index (χ1) is 12.7. The zero-order valence-electron chi connectivity index (χ0n) is 14.6. The van der Waals surface area contributed by atoms with Crippen LogP contribution >= 0.6 is 0 Å². The smallest absolute Gasteiger partial charge is 0.271 e. The van der Waals surface area contributed by atoms with Gasteiger partial charge in [0.1, 0.15) is 5.69 Å². The first kappa shape index (κ1) is 15.6. The van der Waals surface area contributed by atoms with Crippen LogP contribution < -0.4 is 0 Å². The lowest BCUT2D eigenvalue weighted by atomic mass is 10.0. The van der Waals surface area contributed by atoms with Crippen LogP contribution in [0.1, 0.15) is 29.8 Å². The number of likely N-dealkylation sites (tertiary alicyclic amines) is 1. The molecular weight excluding hydrogens is 324 g/mol. The summed E-state index contributed by atoms with van der Waals surface area (Å²) in [6, 6.07) is 18.0. The Kier molecular flexibility index (Phi) is 3.44. The van der Waals surface area contributed by atoms with Crippen LogP contribution in [0.3, 0.4) is 0 Å². The number of H-pyrrole nitrogens is 1. The van der Waals surface area contributed by atoms with Gasteiger partial charge in [0.15, 0.2) is 0 Å². The fourth-order valence-corrected chi connectivity index (χ4v) is 4.46. The second-order valence-corrected chi connectivity index (χ2v) is 7.76. The Morgan fingerprint density at radius 3 is 2.58 bits per heavy atom. The lowest BCUT2D eigenvalue weighted by Crippen LogP contribution is -2.38. The number of carbonyl (C=O) groups is 1. The molecule has 2 N–H and O–H groups in total. The molecule has 1 saturated heterocycles. The summed E-state index contributed by atoms with van der Waals surface area (Å²) in [6.07, 6.45) is 3.27. The van der Waals surface area contributed by atoms with E-state index in [2.05, 4.69) is 11.1 Å². The number of carbonyl (C=O) groups excluding carboxylic acids is 1. The minimum absolute atomic E-state index is 0.00266. The summed E-state index contributed by atoms with van der Waals surface area (Å²) in [6.45, 7) is 0.801. The van der Waals surface area contributed by atoms with Gasteiger partial charge in [0.05, 0.1) is 12.6 Å². The summed E-state index contributed by atoms with van der Waals surface area (Å²) >= 11 is 0. The van der Waals surface area contributed by atoms with Gasteiger partial charge in [-0.05, 0) is 36.3 Å². The number of para-hydroxylation sites is 1. The normalized spacial score (nSPS) is 20.8. The molecule has 132 valence electrons. The maximum atomic E-state index is 13.5. The van der Waals surface area contributed by atoms with E-state index >= 15 is 0 Å². The molecule has 1 aromatic heterocycles. The van der Waals surface area contributed by atoms with Crippen molar-refractivity contribution in [2.75, 3.05) is 13.2 Å². The van der Waals surface area contributed by atoms with Crippen LogP contribution in [-0.2, 0) is 0 Å².